The SMILES string of the molecule is Nc1cc([N+](=O)[O-])ccc1OC1CC1. The summed E-state index contributed by atoms with van der Waals surface area (Å²) in [5, 5.41) is 10.4. The molecule has 1 aliphatic rings. The molecule has 5 nitrogen and oxygen atoms in total. The molecule has 1 saturated carbocycles. The third kappa shape index (κ3) is 1.76. The number of benzene rings is 1. The summed E-state index contributed by atoms with van der Waals surface area (Å²) in [6.07, 6.45) is 2.33. The summed E-state index contributed by atoms with van der Waals surface area (Å²) in [4.78, 5) is 9.93. The fraction of sp³-hybridized carbons (Fsp3) is 0.333. The van der Waals surface area contributed by atoms with E-state index in [9.17, 15) is 10.1 Å². The maximum atomic E-state index is 10.4. The molecule has 14 heavy (non-hydrogen) atoms. The van der Waals surface area contributed by atoms with Crippen LogP contribution in [0.2, 0.25) is 0 Å². The van der Waals surface area contributed by atoms with E-state index in [1.54, 1.807) is 6.07 Å². The molecule has 0 spiro atoms. The van der Waals surface area contributed by atoms with Crippen molar-refractivity contribution in [3.8, 4) is 5.75 Å². The third-order valence-corrected chi connectivity index (χ3v) is 2.02. The average Bonchev–Trinajstić information content (AvgIpc) is 2.92. The van der Waals surface area contributed by atoms with Gasteiger partial charge in [0.15, 0.2) is 0 Å². The number of hydrogen-bond acceptors (Lipinski definition) is 4. The summed E-state index contributed by atoms with van der Waals surface area (Å²) in [6, 6.07) is 4.26. The van der Waals surface area contributed by atoms with Gasteiger partial charge in [-0.05, 0) is 18.9 Å². The molecule has 2 rings (SSSR count). The van der Waals surface area contributed by atoms with Crippen molar-refractivity contribution in [2.75, 3.05) is 5.73 Å². The van der Waals surface area contributed by atoms with Crippen molar-refractivity contribution in [1.29, 1.82) is 0 Å². The number of hydrogen-bond donors (Lipinski definition) is 1. The highest BCUT2D eigenvalue weighted by Gasteiger charge is 2.24. The van der Waals surface area contributed by atoms with Crippen LogP contribution >= 0.6 is 0 Å². The molecule has 1 aromatic carbocycles. The topological polar surface area (TPSA) is 78.4 Å². The minimum atomic E-state index is -0.475. The van der Waals surface area contributed by atoms with E-state index in [1.807, 2.05) is 0 Å². The van der Waals surface area contributed by atoms with E-state index in [1.165, 1.54) is 12.1 Å². The number of nitro benzene ring substituents is 1. The van der Waals surface area contributed by atoms with Gasteiger partial charge in [0.1, 0.15) is 5.75 Å². The number of nitrogens with zero attached hydrogens (tertiary/aromatic N) is 1. The maximum absolute atomic E-state index is 10.4. The number of nitrogen functional groups attached to an aromatic ring is 1. The van der Waals surface area contributed by atoms with Crippen molar-refractivity contribution in [2.24, 2.45) is 0 Å². The second kappa shape index (κ2) is 3.17. The average molecular weight is 194 g/mol. The number of non-ortho nitro benzene ring substituents is 1. The highest BCUT2D eigenvalue weighted by atomic mass is 16.6. The van der Waals surface area contributed by atoms with Crippen molar-refractivity contribution in [1.82, 2.24) is 0 Å². The van der Waals surface area contributed by atoms with Crippen molar-refractivity contribution < 1.29 is 9.66 Å². The molecule has 5 heteroatoms. The Kier molecular flexibility index (Phi) is 1.99. The van der Waals surface area contributed by atoms with Gasteiger partial charge in [-0.15, -0.1) is 0 Å². The maximum Gasteiger partial charge on any atom is 0.271 e. The van der Waals surface area contributed by atoms with Gasteiger partial charge in [-0.1, -0.05) is 0 Å². The predicted octanol–water partition coefficient (Wildman–Crippen LogP) is 1.72. The Morgan fingerprint density at radius 1 is 1.50 bits per heavy atom. The van der Waals surface area contributed by atoms with Crippen LogP contribution in [0.25, 0.3) is 0 Å². The summed E-state index contributed by atoms with van der Waals surface area (Å²) in [6.45, 7) is 0. The number of anilines is 1. The number of nitro groups is 1. The standard InChI is InChI=1S/C9H10N2O3/c10-8-5-6(11(12)13)1-4-9(8)14-7-2-3-7/h1,4-5,7H,2-3,10H2. The van der Waals surface area contributed by atoms with Gasteiger partial charge in [0.2, 0.25) is 0 Å². The second-order valence-corrected chi connectivity index (χ2v) is 3.30. The Hall–Kier alpha value is -1.78. The first-order valence-corrected chi connectivity index (χ1v) is 4.37. The molecule has 0 bridgehead atoms. The second-order valence-electron chi connectivity index (χ2n) is 3.30. The van der Waals surface area contributed by atoms with E-state index in [0.717, 1.165) is 12.8 Å². The van der Waals surface area contributed by atoms with Gasteiger partial charge in [0.25, 0.3) is 5.69 Å². The Labute approximate surface area is 80.6 Å². The molecule has 0 unspecified atom stereocenters. The summed E-state index contributed by atoms with van der Waals surface area (Å²) in [5.74, 6) is 0.540. The smallest absolute Gasteiger partial charge is 0.271 e. The fourth-order valence-corrected chi connectivity index (χ4v) is 1.12. The molecule has 1 aliphatic carbocycles. The fourth-order valence-electron chi connectivity index (χ4n) is 1.12. The lowest BCUT2D eigenvalue weighted by Crippen LogP contribution is -2.00. The van der Waals surface area contributed by atoms with E-state index < -0.39 is 4.92 Å². The molecule has 0 heterocycles. The van der Waals surface area contributed by atoms with Crippen LogP contribution in [0, 0.1) is 10.1 Å². The van der Waals surface area contributed by atoms with Crippen molar-refractivity contribution in [3.05, 3.63) is 28.3 Å². The minimum absolute atomic E-state index is 0.00866. The van der Waals surface area contributed by atoms with E-state index in [-0.39, 0.29) is 11.8 Å². The summed E-state index contributed by atoms with van der Waals surface area (Å²) in [7, 11) is 0. The van der Waals surface area contributed by atoms with Crippen LogP contribution in [0.15, 0.2) is 18.2 Å². The van der Waals surface area contributed by atoms with E-state index in [2.05, 4.69) is 0 Å². The zero-order valence-corrected chi connectivity index (χ0v) is 7.47. The Bertz CT molecular complexity index is 374. The zero-order valence-electron chi connectivity index (χ0n) is 7.47. The van der Waals surface area contributed by atoms with Gasteiger partial charge in [0, 0.05) is 12.1 Å². The highest BCUT2D eigenvalue weighted by molar-refractivity contribution is 5.58. The molecule has 1 fully saturated rings. The van der Waals surface area contributed by atoms with Gasteiger partial charge in [-0.25, -0.2) is 0 Å². The normalized spacial score (nSPS) is 15.1. The number of ether oxygens (including phenoxy) is 1. The largest absolute Gasteiger partial charge is 0.488 e. The van der Waals surface area contributed by atoms with Crippen LogP contribution in [-0.2, 0) is 0 Å². The Morgan fingerprint density at radius 2 is 2.21 bits per heavy atom. The van der Waals surface area contributed by atoms with Crippen LogP contribution in [-0.4, -0.2) is 11.0 Å². The lowest BCUT2D eigenvalue weighted by Gasteiger charge is -2.06. The van der Waals surface area contributed by atoms with Crippen LogP contribution in [0.4, 0.5) is 11.4 Å². The van der Waals surface area contributed by atoms with Crippen LogP contribution < -0.4 is 10.5 Å². The molecule has 74 valence electrons. The summed E-state index contributed by atoms with van der Waals surface area (Å²) >= 11 is 0. The molecular formula is C9H10N2O3. The molecule has 0 radical (unpaired) electrons. The predicted molar refractivity (Wildman–Crippen MR) is 51.2 cm³/mol. The van der Waals surface area contributed by atoms with E-state index >= 15 is 0 Å². The Morgan fingerprint density at radius 3 is 2.71 bits per heavy atom. The van der Waals surface area contributed by atoms with Crippen molar-refractivity contribution in [2.45, 2.75) is 18.9 Å². The van der Waals surface area contributed by atoms with Gasteiger partial charge in [-0.2, -0.15) is 0 Å². The van der Waals surface area contributed by atoms with Gasteiger partial charge in [0.05, 0.1) is 16.7 Å². The first-order chi connectivity index (χ1) is 6.66. The number of rotatable bonds is 3. The lowest BCUT2D eigenvalue weighted by atomic mass is 10.2. The van der Waals surface area contributed by atoms with Crippen LogP contribution in [0.5, 0.6) is 5.75 Å². The molecule has 0 atom stereocenters. The molecule has 0 amide bonds. The molecule has 2 N–H and O–H groups in total. The molecule has 0 aliphatic heterocycles. The quantitative estimate of drug-likeness (QED) is 0.451. The van der Waals surface area contributed by atoms with Gasteiger partial charge < -0.3 is 10.5 Å². The summed E-state index contributed by atoms with van der Waals surface area (Å²) in [5.41, 5.74) is 5.92. The Balaban J connectivity index is 2.21. The molecule has 0 aromatic heterocycles. The van der Waals surface area contributed by atoms with Crippen LogP contribution in [0.1, 0.15) is 12.8 Å². The number of nitrogens with two attached hydrogens (primary N) is 1. The monoisotopic (exact) mass is 194 g/mol. The van der Waals surface area contributed by atoms with E-state index in [0.29, 0.717) is 11.4 Å². The van der Waals surface area contributed by atoms with Crippen molar-refractivity contribution in [3.63, 3.8) is 0 Å². The molecule has 0 saturated heterocycles. The van der Waals surface area contributed by atoms with E-state index in [4.69, 9.17) is 10.5 Å². The van der Waals surface area contributed by atoms with Crippen LogP contribution in [0.3, 0.4) is 0 Å². The molecule has 1 aromatic rings. The van der Waals surface area contributed by atoms with Gasteiger partial charge >= 0.3 is 0 Å². The van der Waals surface area contributed by atoms with Gasteiger partial charge in [-0.3, -0.25) is 10.1 Å². The first-order valence-electron chi connectivity index (χ1n) is 4.37. The lowest BCUT2D eigenvalue weighted by molar-refractivity contribution is -0.384. The summed E-state index contributed by atoms with van der Waals surface area (Å²) < 4.78 is 5.44. The highest BCUT2D eigenvalue weighted by Crippen LogP contribution is 2.32. The van der Waals surface area contributed by atoms with Crippen molar-refractivity contribution >= 4 is 11.4 Å². The first kappa shape index (κ1) is 8.80. The molecular weight excluding hydrogens is 184 g/mol. The third-order valence-electron chi connectivity index (χ3n) is 2.02. The minimum Gasteiger partial charge on any atom is -0.488 e. The zero-order chi connectivity index (χ0) is 10.1.